The molecule has 0 spiro atoms. The fraction of sp³-hybridized carbons (Fsp3) is 0.111. The van der Waals surface area contributed by atoms with Gasteiger partial charge in [0.05, 0.1) is 0 Å². The number of nitrogens with zero attached hydrogens (tertiary/aromatic N) is 2. The number of halogens is 2. The molecular formula is C9H5Cl2N2NaSe. The summed E-state index contributed by atoms with van der Waals surface area (Å²) < 4.78 is 1.11. The Morgan fingerprint density at radius 2 is 2.00 bits per heavy atom. The van der Waals surface area contributed by atoms with Crippen LogP contribution in [0.2, 0.25) is 10.0 Å². The second-order valence-corrected chi connectivity index (χ2v) is 7.70. The SMILES string of the molecule is Cc1nc([Se][Na])c2cc(Cl)cc(Cl)c2n1. The Morgan fingerprint density at radius 1 is 1.27 bits per heavy atom. The summed E-state index contributed by atoms with van der Waals surface area (Å²) in [5, 5.41) is 2.26. The summed E-state index contributed by atoms with van der Waals surface area (Å²) in [7, 11) is 0.444. The topological polar surface area (TPSA) is 25.8 Å². The van der Waals surface area contributed by atoms with Crippen LogP contribution in [-0.2, 0) is 0 Å². The van der Waals surface area contributed by atoms with E-state index in [1.54, 1.807) is 6.07 Å². The Bertz CT molecular complexity index is 533. The van der Waals surface area contributed by atoms with Gasteiger partial charge in [-0.2, -0.15) is 0 Å². The van der Waals surface area contributed by atoms with Gasteiger partial charge in [0.15, 0.2) is 0 Å². The molecule has 0 bridgehead atoms. The molecule has 0 aliphatic carbocycles. The van der Waals surface area contributed by atoms with Crippen molar-refractivity contribution in [3.05, 3.63) is 28.0 Å². The van der Waals surface area contributed by atoms with Crippen molar-refractivity contribution in [2.45, 2.75) is 6.92 Å². The molecule has 2 rings (SSSR count). The fourth-order valence-corrected chi connectivity index (χ4v) is 4.80. The van der Waals surface area contributed by atoms with Crippen LogP contribution in [0.15, 0.2) is 12.1 Å². The summed E-state index contributed by atoms with van der Waals surface area (Å²) in [6, 6.07) is 3.62. The third-order valence-corrected chi connectivity index (χ3v) is 5.97. The summed E-state index contributed by atoms with van der Waals surface area (Å²) in [5.74, 6) is 0.777. The van der Waals surface area contributed by atoms with E-state index in [1.807, 2.05) is 13.0 Å². The van der Waals surface area contributed by atoms with Crippen LogP contribution >= 0.6 is 23.2 Å². The van der Waals surface area contributed by atoms with Gasteiger partial charge >= 0.3 is 119 Å². The molecule has 0 amide bonds. The van der Waals surface area contributed by atoms with Crippen molar-refractivity contribution in [1.29, 1.82) is 0 Å². The van der Waals surface area contributed by atoms with Gasteiger partial charge < -0.3 is 0 Å². The van der Waals surface area contributed by atoms with Crippen molar-refractivity contribution in [3.8, 4) is 0 Å². The normalized spacial score (nSPS) is 11.0. The second-order valence-electron chi connectivity index (χ2n) is 3.06. The molecule has 1 aromatic heterocycles. The molecule has 0 atom stereocenters. The Kier molecular flexibility index (Phi) is 3.95. The van der Waals surface area contributed by atoms with E-state index in [4.69, 9.17) is 23.2 Å². The van der Waals surface area contributed by atoms with Gasteiger partial charge in [-0.3, -0.25) is 0 Å². The summed E-state index contributed by atoms with van der Waals surface area (Å²) in [5.41, 5.74) is 0.821. The number of hydrogen-bond donors (Lipinski definition) is 0. The van der Waals surface area contributed by atoms with Crippen LogP contribution in [0.3, 0.4) is 0 Å². The summed E-state index contributed by atoms with van der Waals surface area (Å²) >= 11 is 13.2. The molecule has 6 heteroatoms. The van der Waals surface area contributed by atoms with E-state index in [9.17, 15) is 0 Å². The molecule has 0 fully saturated rings. The van der Waals surface area contributed by atoms with Crippen molar-refractivity contribution in [2.24, 2.45) is 0 Å². The van der Waals surface area contributed by atoms with E-state index in [0.717, 1.165) is 46.7 Å². The van der Waals surface area contributed by atoms with E-state index in [0.29, 0.717) is 20.6 Å². The van der Waals surface area contributed by atoms with Crippen LogP contribution < -0.4 is 4.59 Å². The number of rotatable bonds is 1. The van der Waals surface area contributed by atoms with E-state index < -0.39 is 0 Å². The first-order valence-corrected chi connectivity index (χ1v) is 11.9. The maximum atomic E-state index is 6.11. The van der Waals surface area contributed by atoms with Crippen molar-refractivity contribution in [2.75, 3.05) is 0 Å². The molecule has 72 valence electrons. The molecule has 2 nitrogen and oxygen atoms in total. The Hall–Kier alpha value is 0.659. The van der Waals surface area contributed by atoms with Gasteiger partial charge in [0.2, 0.25) is 0 Å². The molecule has 0 radical (unpaired) electrons. The van der Waals surface area contributed by atoms with Crippen LogP contribution in [0.5, 0.6) is 0 Å². The zero-order valence-corrected chi connectivity index (χ0v) is 13.4. The molecule has 0 saturated carbocycles. The Balaban J connectivity index is 2.89. The van der Waals surface area contributed by atoms with Crippen molar-refractivity contribution < 1.29 is 0 Å². The maximum absolute atomic E-state index is 6.11. The average Bonchev–Trinajstić information content (AvgIpc) is 2.18. The number of benzene rings is 1. The molecule has 0 saturated heterocycles. The third-order valence-electron chi connectivity index (χ3n) is 1.99. The molecule has 1 aromatic carbocycles. The minimum atomic E-state index is 0.444. The van der Waals surface area contributed by atoms with Crippen LogP contribution in [0.1, 0.15) is 5.82 Å². The van der Waals surface area contributed by atoms with Gasteiger partial charge in [-0.15, -0.1) is 0 Å². The van der Waals surface area contributed by atoms with Crippen LogP contribution in [-0.4, -0.2) is 45.9 Å². The van der Waals surface area contributed by atoms with E-state index in [-0.39, 0.29) is 0 Å². The number of aromatic nitrogens is 2. The minimum absolute atomic E-state index is 0.444. The second kappa shape index (κ2) is 4.89. The number of fused-ring (bicyclic) bond motifs is 1. The third kappa shape index (κ3) is 2.50. The molecule has 2 aromatic rings. The Morgan fingerprint density at radius 3 is 2.67 bits per heavy atom. The van der Waals surface area contributed by atoms with Gasteiger partial charge in [0, 0.05) is 0 Å². The van der Waals surface area contributed by atoms with Crippen LogP contribution in [0.4, 0.5) is 0 Å². The number of hydrogen-bond acceptors (Lipinski definition) is 2. The summed E-state index contributed by atoms with van der Waals surface area (Å²) in [6.07, 6.45) is 0. The van der Waals surface area contributed by atoms with Gasteiger partial charge in [-0.1, -0.05) is 0 Å². The first-order valence-electron chi connectivity index (χ1n) is 4.29. The zero-order valence-electron chi connectivity index (χ0n) is 8.21. The monoisotopic (exact) mass is 314 g/mol. The van der Waals surface area contributed by atoms with Gasteiger partial charge in [-0.05, 0) is 0 Å². The standard InChI is InChI=1S/C9H6Cl2N2Se.Na/c1-4-12-8-6(9(14)13-4)2-5(10)3-7(8)11;/h2-3H,1H3,(H,12,13,14);/q;+1/p-1. The molecule has 0 unspecified atom stereocenters. The fourth-order valence-electron chi connectivity index (χ4n) is 1.39. The van der Waals surface area contributed by atoms with Crippen LogP contribution in [0, 0.1) is 6.92 Å². The van der Waals surface area contributed by atoms with Gasteiger partial charge in [-0.25, -0.2) is 0 Å². The summed E-state index contributed by atoms with van der Waals surface area (Å²) in [4.78, 5) is 8.78. The van der Waals surface area contributed by atoms with E-state index in [1.165, 1.54) is 0 Å². The average molecular weight is 314 g/mol. The number of aryl methyl sites for hydroxylation is 1. The predicted molar refractivity (Wildman–Crippen MR) is 65.4 cm³/mol. The molecular weight excluding hydrogens is 309 g/mol. The molecule has 1 heterocycles. The first kappa shape index (κ1) is 12.1. The van der Waals surface area contributed by atoms with Crippen molar-refractivity contribution >= 4 is 74.6 Å². The zero-order chi connectivity index (χ0) is 11.0. The predicted octanol–water partition coefficient (Wildman–Crippen LogP) is 1.66. The van der Waals surface area contributed by atoms with Crippen LogP contribution in [0.25, 0.3) is 10.9 Å². The molecule has 0 aliphatic rings. The van der Waals surface area contributed by atoms with Gasteiger partial charge in [0.1, 0.15) is 0 Å². The molecule has 0 N–H and O–H groups in total. The molecule has 0 aliphatic heterocycles. The Labute approximate surface area is 118 Å². The quantitative estimate of drug-likeness (QED) is 0.748. The van der Waals surface area contributed by atoms with Crippen molar-refractivity contribution in [3.63, 3.8) is 0 Å². The summed E-state index contributed by atoms with van der Waals surface area (Å²) in [6.45, 7) is 1.89. The van der Waals surface area contributed by atoms with Gasteiger partial charge in [0.25, 0.3) is 0 Å². The molecule has 15 heavy (non-hydrogen) atoms. The first-order chi connectivity index (χ1) is 7.11. The van der Waals surface area contributed by atoms with Crippen molar-refractivity contribution in [1.82, 2.24) is 9.97 Å². The van der Waals surface area contributed by atoms with E-state index >= 15 is 0 Å². The van der Waals surface area contributed by atoms with E-state index in [2.05, 4.69) is 9.97 Å².